The molecule has 3 fully saturated rings. The summed E-state index contributed by atoms with van der Waals surface area (Å²) < 4.78 is 5.92. The van der Waals surface area contributed by atoms with Crippen molar-refractivity contribution in [3.63, 3.8) is 0 Å². The van der Waals surface area contributed by atoms with Gasteiger partial charge in [0.05, 0.1) is 6.04 Å². The highest BCUT2D eigenvalue weighted by Gasteiger charge is 2.48. The Kier molecular flexibility index (Phi) is 5.77. The Bertz CT molecular complexity index is 905. The molecule has 0 spiro atoms. The van der Waals surface area contributed by atoms with Crippen molar-refractivity contribution in [2.45, 2.75) is 50.3 Å². The van der Waals surface area contributed by atoms with Crippen LogP contribution in [-0.4, -0.2) is 53.5 Å². The van der Waals surface area contributed by atoms with Gasteiger partial charge >= 0.3 is 0 Å². The van der Waals surface area contributed by atoms with Gasteiger partial charge in [0.15, 0.2) is 6.10 Å². The second-order valence-corrected chi connectivity index (χ2v) is 9.08. The van der Waals surface area contributed by atoms with Crippen molar-refractivity contribution in [2.75, 3.05) is 19.7 Å². The zero-order chi connectivity index (χ0) is 21.2. The van der Waals surface area contributed by atoms with Crippen molar-refractivity contribution >= 4 is 11.8 Å². The molecule has 0 bridgehead atoms. The molecule has 2 heterocycles. The van der Waals surface area contributed by atoms with Gasteiger partial charge in [-0.15, -0.1) is 0 Å². The first kappa shape index (κ1) is 20.3. The number of benzene rings is 2. The van der Waals surface area contributed by atoms with Crippen LogP contribution in [0.4, 0.5) is 0 Å². The third-order valence-electron chi connectivity index (χ3n) is 6.88. The molecule has 162 valence electrons. The number of carbonyl (C=O) groups excluding carboxylic acids is 2. The van der Waals surface area contributed by atoms with Crippen molar-refractivity contribution in [1.29, 1.82) is 0 Å². The predicted octanol–water partition coefficient (Wildman–Crippen LogP) is 3.60. The summed E-state index contributed by atoms with van der Waals surface area (Å²) in [5.41, 5.74) is 2.35. The molecule has 5 heteroatoms. The lowest BCUT2D eigenvalue weighted by Gasteiger charge is -2.43. The number of hydrogen-bond donors (Lipinski definition) is 0. The van der Waals surface area contributed by atoms with E-state index in [1.807, 2.05) is 46.2 Å². The molecule has 2 atom stereocenters. The summed E-state index contributed by atoms with van der Waals surface area (Å²) in [5.74, 6) is 0.639. The van der Waals surface area contributed by atoms with Gasteiger partial charge in [0, 0.05) is 19.1 Å². The molecule has 31 heavy (non-hydrogen) atoms. The largest absolute Gasteiger partial charge is 0.356 e. The summed E-state index contributed by atoms with van der Waals surface area (Å²) in [5, 5.41) is 0. The molecule has 2 amide bonds. The molecule has 5 nitrogen and oxygen atoms in total. The fourth-order valence-electron chi connectivity index (χ4n) is 5.09. The maximum atomic E-state index is 13.6. The molecule has 1 saturated carbocycles. The molecule has 2 aromatic rings. The molecule has 2 saturated heterocycles. The highest BCUT2D eigenvalue weighted by Crippen LogP contribution is 2.40. The van der Waals surface area contributed by atoms with Crippen molar-refractivity contribution in [3.8, 4) is 0 Å². The number of rotatable bonds is 5. The van der Waals surface area contributed by atoms with E-state index < -0.39 is 6.10 Å². The van der Waals surface area contributed by atoms with Gasteiger partial charge in [-0.05, 0) is 49.1 Å². The zero-order valence-electron chi connectivity index (χ0n) is 17.9. The number of hydrogen-bond acceptors (Lipinski definition) is 3. The Hall–Kier alpha value is -2.66. The Balaban J connectivity index is 1.29. The van der Waals surface area contributed by atoms with Crippen LogP contribution in [0.2, 0.25) is 0 Å². The number of likely N-dealkylation sites (tertiary alicyclic amines) is 1. The lowest BCUT2D eigenvalue weighted by atomic mass is 9.89. The molecule has 0 aromatic heterocycles. The first-order valence-corrected chi connectivity index (χ1v) is 11.5. The molecule has 5 rings (SSSR count). The van der Waals surface area contributed by atoms with Crippen molar-refractivity contribution in [3.05, 3.63) is 71.8 Å². The van der Waals surface area contributed by atoms with Gasteiger partial charge in [-0.3, -0.25) is 9.59 Å². The second-order valence-electron chi connectivity index (χ2n) is 9.08. The average Bonchev–Trinajstić information content (AvgIpc) is 3.65. The van der Waals surface area contributed by atoms with Crippen molar-refractivity contribution in [2.24, 2.45) is 5.92 Å². The van der Waals surface area contributed by atoms with Crippen LogP contribution in [-0.2, 0) is 20.7 Å². The van der Waals surface area contributed by atoms with E-state index in [0.29, 0.717) is 5.92 Å². The number of piperidine rings is 1. The van der Waals surface area contributed by atoms with Crippen molar-refractivity contribution in [1.82, 2.24) is 9.80 Å². The van der Waals surface area contributed by atoms with Gasteiger partial charge in [-0.25, -0.2) is 0 Å². The van der Waals surface area contributed by atoms with E-state index in [2.05, 4.69) is 24.3 Å². The van der Waals surface area contributed by atoms with Gasteiger partial charge in [-0.2, -0.15) is 0 Å². The average molecular weight is 419 g/mol. The lowest BCUT2D eigenvalue weighted by Crippen LogP contribution is -2.56. The number of amides is 2. The van der Waals surface area contributed by atoms with Gasteiger partial charge in [0.2, 0.25) is 5.91 Å². The molecule has 0 unspecified atom stereocenters. The van der Waals surface area contributed by atoms with Crippen LogP contribution in [0.15, 0.2) is 60.7 Å². The van der Waals surface area contributed by atoms with Gasteiger partial charge < -0.3 is 14.5 Å². The van der Waals surface area contributed by atoms with Gasteiger partial charge in [0.1, 0.15) is 6.61 Å². The van der Waals surface area contributed by atoms with Crippen LogP contribution in [0, 0.1) is 5.92 Å². The summed E-state index contributed by atoms with van der Waals surface area (Å²) in [4.78, 5) is 30.2. The van der Waals surface area contributed by atoms with E-state index in [4.69, 9.17) is 4.74 Å². The van der Waals surface area contributed by atoms with E-state index in [0.717, 1.165) is 50.8 Å². The quantitative estimate of drug-likeness (QED) is 0.746. The minimum atomic E-state index is -0.619. The summed E-state index contributed by atoms with van der Waals surface area (Å²) in [6.07, 6.45) is 4.50. The van der Waals surface area contributed by atoms with E-state index in [1.165, 1.54) is 5.56 Å². The van der Waals surface area contributed by atoms with Crippen LogP contribution in [0.1, 0.15) is 42.9 Å². The lowest BCUT2D eigenvalue weighted by molar-refractivity contribution is -0.171. The standard InChI is InChI=1S/C26H30N2O3/c29-23-18-31-25(24(28(23)22-11-12-22)21-9-5-2-6-10-21)26(30)27-15-13-20(14-16-27)17-19-7-3-1-4-8-19/h1-10,20,22,24-25H,11-18H2/t24-,25+/m0/s1. The van der Waals surface area contributed by atoms with Crippen LogP contribution >= 0.6 is 0 Å². The van der Waals surface area contributed by atoms with Gasteiger partial charge in [-0.1, -0.05) is 60.7 Å². The first-order chi connectivity index (χ1) is 15.2. The van der Waals surface area contributed by atoms with Crippen molar-refractivity contribution < 1.29 is 14.3 Å². The molecular formula is C26H30N2O3. The topological polar surface area (TPSA) is 49.9 Å². The Morgan fingerprint density at radius 2 is 1.55 bits per heavy atom. The number of nitrogens with zero attached hydrogens (tertiary/aromatic N) is 2. The molecule has 2 aromatic carbocycles. The van der Waals surface area contributed by atoms with E-state index in [-0.39, 0.29) is 30.5 Å². The normalized spacial score (nSPS) is 25.0. The summed E-state index contributed by atoms with van der Waals surface area (Å²) in [7, 11) is 0. The Morgan fingerprint density at radius 3 is 2.19 bits per heavy atom. The fourth-order valence-corrected chi connectivity index (χ4v) is 5.09. The highest BCUT2D eigenvalue weighted by molar-refractivity contribution is 5.87. The third-order valence-corrected chi connectivity index (χ3v) is 6.88. The number of carbonyl (C=O) groups is 2. The van der Waals surface area contributed by atoms with E-state index in [9.17, 15) is 9.59 Å². The molecular weight excluding hydrogens is 388 g/mol. The maximum Gasteiger partial charge on any atom is 0.254 e. The number of morpholine rings is 1. The smallest absolute Gasteiger partial charge is 0.254 e. The summed E-state index contributed by atoms with van der Waals surface area (Å²) in [6.45, 7) is 1.52. The Labute approximate surface area is 184 Å². The monoisotopic (exact) mass is 418 g/mol. The minimum absolute atomic E-state index is 0.000707. The summed E-state index contributed by atoms with van der Waals surface area (Å²) >= 11 is 0. The Morgan fingerprint density at radius 1 is 0.903 bits per heavy atom. The highest BCUT2D eigenvalue weighted by atomic mass is 16.5. The third kappa shape index (κ3) is 4.38. The molecule has 2 aliphatic heterocycles. The fraction of sp³-hybridized carbons (Fsp3) is 0.462. The van der Waals surface area contributed by atoms with Gasteiger partial charge in [0.25, 0.3) is 5.91 Å². The minimum Gasteiger partial charge on any atom is -0.356 e. The molecule has 3 aliphatic rings. The predicted molar refractivity (Wildman–Crippen MR) is 118 cm³/mol. The number of ether oxygens (including phenoxy) is 1. The SMILES string of the molecule is O=C([C@@H]1OCC(=O)N(C2CC2)[C@H]1c1ccccc1)N1CCC(Cc2ccccc2)CC1. The van der Waals surface area contributed by atoms with E-state index >= 15 is 0 Å². The maximum absolute atomic E-state index is 13.6. The van der Waals surface area contributed by atoms with Crippen LogP contribution in [0.5, 0.6) is 0 Å². The molecule has 1 aliphatic carbocycles. The van der Waals surface area contributed by atoms with Crippen LogP contribution in [0.3, 0.4) is 0 Å². The van der Waals surface area contributed by atoms with Crippen LogP contribution in [0.25, 0.3) is 0 Å². The first-order valence-electron chi connectivity index (χ1n) is 11.5. The van der Waals surface area contributed by atoms with Crippen LogP contribution < -0.4 is 0 Å². The zero-order valence-corrected chi connectivity index (χ0v) is 17.9. The summed E-state index contributed by atoms with van der Waals surface area (Å²) in [6, 6.07) is 20.4. The van der Waals surface area contributed by atoms with E-state index in [1.54, 1.807) is 0 Å². The molecule has 0 N–H and O–H groups in total. The molecule has 0 radical (unpaired) electrons. The second kappa shape index (κ2) is 8.83.